The molecule has 0 unspecified atom stereocenters. The van der Waals surface area contributed by atoms with Gasteiger partial charge in [-0.05, 0) is 101 Å². The Morgan fingerprint density at radius 2 is 1.64 bits per heavy atom. The van der Waals surface area contributed by atoms with Crippen molar-refractivity contribution in [1.82, 2.24) is 14.8 Å². The maximum atomic E-state index is 14.0. The van der Waals surface area contributed by atoms with E-state index in [4.69, 9.17) is 9.47 Å². The zero-order chi connectivity index (χ0) is 31.9. The van der Waals surface area contributed by atoms with Crippen molar-refractivity contribution in [1.29, 1.82) is 0 Å². The van der Waals surface area contributed by atoms with E-state index in [1.54, 1.807) is 66.1 Å². The molecule has 1 saturated heterocycles. The van der Waals surface area contributed by atoms with Crippen molar-refractivity contribution in [2.45, 2.75) is 78.0 Å². The topological polar surface area (TPSA) is 110 Å². The standard InChI is InChI=1S/C34H38FN3O6/c1-7-27-32(40)38(33(41)36-27)23-9-11-24(12-10-23)43-29-17-30(39)37(6)18-26(29)25-16-21(34(4,5)42)8-13-28(25)44-31-19(2)14-22(35)15-20(31)3/h7-8,13-18,23-24,42H,9-12H2,1-6H3,(H,36,41)/b27-7-. The van der Waals surface area contributed by atoms with E-state index in [1.165, 1.54) is 27.7 Å². The first-order chi connectivity index (χ1) is 20.8. The molecule has 1 saturated carbocycles. The predicted molar refractivity (Wildman–Crippen MR) is 164 cm³/mol. The van der Waals surface area contributed by atoms with Crippen LogP contribution in [0.2, 0.25) is 0 Å². The van der Waals surface area contributed by atoms with E-state index in [1.807, 2.05) is 6.07 Å². The van der Waals surface area contributed by atoms with Gasteiger partial charge < -0.3 is 24.5 Å². The Morgan fingerprint density at radius 3 is 2.23 bits per heavy atom. The Kier molecular flexibility index (Phi) is 8.40. The number of ether oxygens (including phenoxy) is 2. The molecule has 1 aliphatic heterocycles. The molecule has 2 fully saturated rings. The summed E-state index contributed by atoms with van der Waals surface area (Å²) < 4.78 is 28.4. The van der Waals surface area contributed by atoms with Crippen LogP contribution < -0.4 is 20.3 Å². The molecule has 2 heterocycles. The van der Waals surface area contributed by atoms with Gasteiger partial charge >= 0.3 is 6.03 Å². The van der Waals surface area contributed by atoms with Crippen molar-refractivity contribution < 1.29 is 28.6 Å². The van der Waals surface area contributed by atoms with Gasteiger partial charge in [0.2, 0.25) is 0 Å². The van der Waals surface area contributed by atoms with Crippen LogP contribution in [-0.2, 0) is 17.4 Å². The monoisotopic (exact) mass is 603 g/mol. The Hall–Kier alpha value is -4.44. The first-order valence-electron chi connectivity index (χ1n) is 14.8. The molecule has 0 radical (unpaired) electrons. The number of hydrogen-bond donors (Lipinski definition) is 2. The van der Waals surface area contributed by atoms with Gasteiger partial charge in [-0.2, -0.15) is 0 Å². The van der Waals surface area contributed by atoms with Crippen molar-refractivity contribution in [2.24, 2.45) is 7.05 Å². The Labute approximate surface area is 255 Å². The summed E-state index contributed by atoms with van der Waals surface area (Å²) in [6.07, 6.45) is 5.28. The van der Waals surface area contributed by atoms with Crippen LogP contribution in [0.3, 0.4) is 0 Å². The van der Waals surface area contributed by atoms with Gasteiger partial charge in [-0.15, -0.1) is 0 Å². The summed E-state index contributed by atoms with van der Waals surface area (Å²) in [5.74, 6) is 0.636. The van der Waals surface area contributed by atoms with Crippen LogP contribution in [0.4, 0.5) is 9.18 Å². The van der Waals surface area contributed by atoms with Crippen LogP contribution in [0.15, 0.2) is 59.2 Å². The third kappa shape index (κ3) is 6.12. The lowest BCUT2D eigenvalue weighted by Crippen LogP contribution is -2.43. The SMILES string of the molecule is C/C=C1\NC(=O)N(C2CCC(Oc3cc(=O)n(C)cc3-c3cc(C(C)(C)O)ccc3Oc3c(C)cc(F)cc3C)CC2)C1=O. The van der Waals surface area contributed by atoms with Crippen molar-refractivity contribution in [3.8, 4) is 28.4 Å². The van der Waals surface area contributed by atoms with Gasteiger partial charge in [-0.3, -0.25) is 14.5 Å². The molecule has 2 aromatic carbocycles. The average Bonchev–Trinajstić information content (AvgIpc) is 3.25. The molecule has 1 aromatic heterocycles. The number of imide groups is 1. The number of pyridine rings is 1. The molecular weight excluding hydrogens is 565 g/mol. The highest BCUT2D eigenvalue weighted by molar-refractivity contribution is 6.11. The zero-order valence-electron chi connectivity index (χ0n) is 25.9. The van der Waals surface area contributed by atoms with Crippen LogP contribution in [-0.4, -0.2) is 38.7 Å². The van der Waals surface area contributed by atoms with Crippen molar-refractivity contribution in [3.63, 3.8) is 0 Å². The highest BCUT2D eigenvalue weighted by Gasteiger charge is 2.40. The maximum absolute atomic E-state index is 14.0. The first-order valence-corrected chi connectivity index (χ1v) is 14.8. The molecule has 3 amide bonds. The summed E-state index contributed by atoms with van der Waals surface area (Å²) in [6.45, 7) is 8.61. The lowest BCUT2D eigenvalue weighted by Gasteiger charge is -2.33. The molecule has 9 nitrogen and oxygen atoms in total. The van der Waals surface area contributed by atoms with E-state index in [9.17, 15) is 23.9 Å². The second kappa shape index (κ2) is 11.9. The van der Waals surface area contributed by atoms with Crippen LogP contribution in [0.1, 0.15) is 63.1 Å². The van der Waals surface area contributed by atoms with Gasteiger partial charge in [-0.25, -0.2) is 9.18 Å². The predicted octanol–water partition coefficient (Wildman–Crippen LogP) is 5.97. The minimum absolute atomic E-state index is 0.242. The number of allylic oxidation sites excluding steroid dienone is 1. The Morgan fingerprint density at radius 1 is 0.977 bits per heavy atom. The molecule has 2 aliphatic rings. The molecule has 0 atom stereocenters. The summed E-state index contributed by atoms with van der Waals surface area (Å²) >= 11 is 0. The maximum Gasteiger partial charge on any atom is 0.329 e. The van der Waals surface area contributed by atoms with Crippen LogP contribution >= 0.6 is 0 Å². The van der Waals surface area contributed by atoms with E-state index in [0.29, 0.717) is 70.7 Å². The number of rotatable bonds is 7. The number of aromatic nitrogens is 1. The molecule has 2 N–H and O–H groups in total. The van der Waals surface area contributed by atoms with E-state index >= 15 is 0 Å². The van der Waals surface area contributed by atoms with Gasteiger partial charge in [0.05, 0.1) is 11.7 Å². The minimum atomic E-state index is -1.17. The van der Waals surface area contributed by atoms with E-state index in [2.05, 4.69) is 5.32 Å². The summed E-state index contributed by atoms with van der Waals surface area (Å²) in [6, 6.07) is 8.93. The zero-order valence-corrected chi connectivity index (χ0v) is 25.9. The van der Waals surface area contributed by atoms with Crippen LogP contribution in [0, 0.1) is 19.7 Å². The average molecular weight is 604 g/mol. The number of nitrogens with one attached hydrogen (secondary N) is 1. The number of aliphatic hydroxyl groups is 1. The Bertz CT molecular complexity index is 1690. The number of carbonyl (C=O) groups is 2. The largest absolute Gasteiger partial charge is 0.490 e. The fourth-order valence-corrected chi connectivity index (χ4v) is 5.87. The number of urea groups is 1. The molecule has 44 heavy (non-hydrogen) atoms. The molecule has 10 heteroatoms. The number of aryl methyl sites for hydroxylation is 3. The first kappa shape index (κ1) is 31.0. The minimum Gasteiger partial charge on any atom is -0.490 e. The lowest BCUT2D eigenvalue weighted by molar-refractivity contribution is -0.125. The lowest BCUT2D eigenvalue weighted by atomic mass is 9.91. The van der Waals surface area contributed by atoms with Crippen LogP contribution in [0.5, 0.6) is 17.2 Å². The van der Waals surface area contributed by atoms with E-state index in [-0.39, 0.29) is 35.1 Å². The van der Waals surface area contributed by atoms with Gasteiger partial charge in [-0.1, -0.05) is 12.1 Å². The molecular formula is C34H38FN3O6. The smallest absolute Gasteiger partial charge is 0.329 e. The van der Waals surface area contributed by atoms with Gasteiger partial charge in [0.1, 0.15) is 28.8 Å². The van der Waals surface area contributed by atoms with Crippen LogP contribution in [0.25, 0.3) is 11.1 Å². The Balaban J connectivity index is 1.49. The molecule has 1 aliphatic carbocycles. The molecule has 232 valence electrons. The molecule has 0 bridgehead atoms. The molecule has 3 aromatic rings. The second-order valence-electron chi connectivity index (χ2n) is 12.1. The van der Waals surface area contributed by atoms with Crippen molar-refractivity contribution in [2.75, 3.05) is 0 Å². The number of hydrogen-bond acceptors (Lipinski definition) is 6. The highest BCUT2D eigenvalue weighted by Crippen LogP contribution is 2.42. The summed E-state index contributed by atoms with van der Waals surface area (Å²) in [5.41, 5.74) is 1.91. The third-order valence-corrected chi connectivity index (χ3v) is 8.30. The van der Waals surface area contributed by atoms with Gasteiger partial charge in [0.15, 0.2) is 0 Å². The second-order valence-corrected chi connectivity index (χ2v) is 12.1. The quantitative estimate of drug-likeness (QED) is 0.254. The van der Waals surface area contributed by atoms with E-state index < -0.39 is 11.6 Å². The van der Waals surface area contributed by atoms with E-state index in [0.717, 1.165) is 0 Å². The van der Waals surface area contributed by atoms with Gasteiger partial charge in [0.25, 0.3) is 11.5 Å². The van der Waals surface area contributed by atoms with Gasteiger partial charge in [0, 0.05) is 36.5 Å². The number of carbonyl (C=O) groups excluding carboxylic acids is 2. The number of halogens is 1. The number of nitrogens with zero attached hydrogens (tertiary/aromatic N) is 2. The third-order valence-electron chi connectivity index (χ3n) is 8.30. The summed E-state index contributed by atoms with van der Waals surface area (Å²) in [5, 5.41) is 13.5. The van der Waals surface area contributed by atoms with Crippen molar-refractivity contribution in [3.05, 3.63) is 87.2 Å². The molecule has 0 spiro atoms. The normalized spacial score (nSPS) is 19.8. The fourth-order valence-electron chi connectivity index (χ4n) is 5.87. The highest BCUT2D eigenvalue weighted by atomic mass is 19.1. The fraction of sp³-hybridized carbons (Fsp3) is 0.382. The summed E-state index contributed by atoms with van der Waals surface area (Å²) in [4.78, 5) is 39.2. The number of amides is 3. The molecule has 5 rings (SSSR count). The summed E-state index contributed by atoms with van der Waals surface area (Å²) in [7, 11) is 1.65. The van der Waals surface area contributed by atoms with Crippen molar-refractivity contribution >= 4 is 11.9 Å². The number of benzene rings is 2.